The van der Waals surface area contributed by atoms with Crippen molar-refractivity contribution in [2.75, 3.05) is 13.2 Å². The average Bonchev–Trinajstić information content (AvgIpc) is 2.00. The summed E-state index contributed by atoms with van der Waals surface area (Å²) >= 11 is 0. The molecule has 0 aliphatic rings. The summed E-state index contributed by atoms with van der Waals surface area (Å²) in [6.45, 7) is 1.76. The van der Waals surface area contributed by atoms with E-state index in [1.165, 1.54) is 0 Å². The molecule has 14 heavy (non-hydrogen) atoms. The molecular weight excluding hydrogens is 197 g/mol. The van der Waals surface area contributed by atoms with Crippen molar-refractivity contribution in [3.05, 3.63) is 0 Å². The van der Waals surface area contributed by atoms with Crippen LogP contribution in [0.3, 0.4) is 0 Å². The van der Waals surface area contributed by atoms with E-state index in [-0.39, 0.29) is 12.7 Å². The molecule has 0 spiro atoms. The Balaban J connectivity index is 3.07. The Morgan fingerprint density at radius 1 is 1.21 bits per heavy atom. The lowest BCUT2D eigenvalue weighted by Crippen LogP contribution is -2.12. The van der Waals surface area contributed by atoms with E-state index < -0.39 is 12.6 Å². The van der Waals surface area contributed by atoms with Crippen molar-refractivity contribution in [2.45, 2.75) is 44.9 Å². The van der Waals surface area contributed by atoms with Gasteiger partial charge in [-0.2, -0.15) is 13.2 Å². The van der Waals surface area contributed by atoms with Crippen molar-refractivity contribution in [3.8, 4) is 0 Å². The molecule has 0 bridgehead atoms. The van der Waals surface area contributed by atoms with Crippen LogP contribution >= 0.6 is 0 Å². The maximum absolute atomic E-state index is 11.6. The number of halogens is 3. The Morgan fingerprint density at radius 2 is 1.86 bits per heavy atom. The lowest BCUT2D eigenvalue weighted by Gasteiger charge is -2.07. The maximum Gasteiger partial charge on any atom is 0.391 e. The van der Waals surface area contributed by atoms with E-state index in [0.717, 1.165) is 6.42 Å². The molecule has 86 valence electrons. The molecule has 0 heterocycles. The molecule has 0 aromatic heterocycles. The monoisotopic (exact) mass is 214 g/mol. The standard InChI is InChI=1S/C9H17F3O2/c1-8(13)4-2-3-6-14-7-5-9(10,11)12/h8,13H,2-7H2,1H3. The molecule has 2 nitrogen and oxygen atoms in total. The van der Waals surface area contributed by atoms with Crippen molar-refractivity contribution >= 4 is 0 Å². The molecule has 0 saturated heterocycles. The third kappa shape index (κ3) is 11.7. The second-order valence-corrected chi connectivity index (χ2v) is 3.32. The van der Waals surface area contributed by atoms with E-state index in [1.807, 2.05) is 0 Å². The number of ether oxygens (including phenoxy) is 1. The predicted octanol–water partition coefficient (Wildman–Crippen LogP) is 2.51. The van der Waals surface area contributed by atoms with Gasteiger partial charge in [-0.05, 0) is 26.2 Å². The van der Waals surface area contributed by atoms with Gasteiger partial charge in [-0.25, -0.2) is 0 Å². The van der Waals surface area contributed by atoms with Crippen LogP contribution in [0.5, 0.6) is 0 Å². The van der Waals surface area contributed by atoms with Crippen molar-refractivity contribution < 1.29 is 23.0 Å². The average molecular weight is 214 g/mol. The van der Waals surface area contributed by atoms with Gasteiger partial charge in [0.25, 0.3) is 0 Å². The molecule has 0 radical (unpaired) electrons. The summed E-state index contributed by atoms with van der Waals surface area (Å²) in [6.07, 6.45) is -3.21. The number of hydrogen-bond acceptors (Lipinski definition) is 2. The fraction of sp³-hybridized carbons (Fsp3) is 1.00. The zero-order valence-corrected chi connectivity index (χ0v) is 8.31. The van der Waals surface area contributed by atoms with E-state index in [9.17, 15) is 13.2 Å². The number of rotatable bonds is 7. The number of aliphatic hydroxyl groups is 1. The number of hydrogen-bond donors (Lipinski definition) is 1. The second kappa shape index (κ2) is 7.06. The van der Waals surface area contributed by atoms with Crippen LogP contribution in [0, 0.1) is 0 Å². The first-order valence-electron chi connectivity index (χ1n) is 4.74. The van der Waals surface area contributed by atoms with Gasteiger partial charge in [0.2, 0.25) is 0 Å². The molecule has 0 fully saturated rings. The van der Waals surface area contributed by atoms with E-state index in [4.69, 9.17) is 9.84 Å². The van der Waals surface area contributed by atoms with Crippen LogP contribution in [0.4, 0.5) is 13.2 Å². The SMILES string of the molecule is CC(O)CCCCOCCC(F)(F)F. The van der Waals surface area contributed by atoms with Gasteiger partial charge in [0.05, 0.1) is 19.1 Å². The molecule has 0 aliphatic carbocycles. The third-order valence-corrected chi connectivity index (χ3v) is 1.69. The maximum atomic E-state index is 11.6. The van der Waals surface area contributed by atoms with Gasteiger partial charge in [-0.3, -0.25) is 0 Å². The summed E-state index contributed by atoms with van der Waals surface area (Å²) in [4.78, 5) is 0. The van der Waals surface area contributed by atoms with E-state index in [0.29, 0.717) is 19.4 Å². The molecule has 0 aromatic carbocycles. The van der Waals surface area contributed by atoms with Crippen molar-refractivity contribution in [1.29, 1.82) is 0 Å². The normalized spacial score (nSPS) is 14.4. The van der Waals surface area contributed by atoms with E-state index in [1.54, 1.807) is 6.92 Å². The molecule has 1 atom stereocenters. The number of unbranched alkanes of at least 4 members (excludes halogenated alkanes) is 1. The zero-order chi connectivity index (χ0) is 11.0. The Bertz CT molecular complexity index is 135. The highest BCUT2D eigenvalue weighted by atomic mass is 19.4. The zero-order valence-electron chi connectivity index (χ0n) is 8.31. The van der Waals surface area contributed by atoms with Gasteiger partial charge in [0.1, 0.15) is 0 Å². The van der Waals surface area contributed by atoms with Crippen LogP contribution < -0.4 is 0 Å². The van der Waals surface area contributed by atoms with Gasteiger partial charge < -0.3 is 9.84 Å². The largest absolute Gasteiger partial charge is 0.393 e. The summed E-state index contributed by atoms with van der Waals surface area (Å²) in [6, 6.07) is 0. The van der Waals surface area contributed by atoms with Gasteiger partial charge >= 0.3 is 6.18 Å². The molecule has 0 aromatic rings. The van der Waals surface area contributed by atoms with Crippen LogP contribution in [0.25, 0.3) is 0 Å². The summed E-state index contributed by atoms with van der Waals surface area (Å²) < 4.78 is 39.7. The van der Waals surface area contributed by atoms with Gasteiger partial charge in [-0.15, -0.1) is 0 Å². The first-order valence-corrected chi connectivity index (χ1v) is 4.74. The Labute approximate surface area is 82.1 Å². The fourth-order valence-corrected chi connectivity index (χ4v) is 0.934. The molecule has 0 rings (SSSR count). The van der Waals surface area contributed by atoms with Gasteiger partial charge in [0, 0.05) is 6.61 Å². The Kier molecular flexibility index (Phi) is 6.92. The second-order valence-electron chi connectivity index (χ2n) is 3.32. The van der Waals surface area contributed by atoms with Crippen LogP contribution in [0.2, 0.25) is 0 Å². The molecule has 5 heteroatoms. The molecule has 0 amide bonds. The smallest absolute Gasteiger partial charge is 0.391 e. The van der Waals surface area contributed by atoms with E-state index >= 15 is 0 Å². The third-order valence-electron chi connectivity index (χ3n) is 1.69. The van der Waals surface area contributed by atoms with E-state index in [2.05, 4.69) is 0 Å². The molecule has 1 N–H and O–H groups in total. The quantitative estimate of drug-likeness (QED) is 0.660. The lowest BCUT2D eigenvalue weighted by atomic mass is 10.2. The molecule has 1 unspecified atom stereocenters. The highest BCUT2D eigenvalue weighted by molar-refractivity contribution is 4.50. The summed E-state index contributed by atoms with van der Waals surface area (Å²) in [5.41, 5.74) is 0. The van der Waals surface area contributed by atoms with Crippen LogP contribution in [0.1, 0.15) is 32.6 Å². The summed E-state index contributed by atoms with van der Waals surface area (Å²) in [7, 11) is 0. The number of aliphatic hydroxyl groups excluding tert-OH is 1. The van der Waals surface area contributed by atoms with Crippen molar-refractivity contribution in [3.63, 3.8) is 0 Å². The van der Waals surface area contributed by atoms with Crippen LogP contribution in [-0.4, -0.2) is 30.6 Å². The highest BCUT2D eigenvalue weighted by Crippen LogP contribution is 2.18. The minimum Gasteiger partial charge on any atom is -0.393 e. The van der Waals surface area contributed by atoms with Gasteiger partial charge in [0.15, 0.2) is 0 Å². The first-order chi connectivity index (χ1) is 6.42. The fourth-order valence-electron chi connectivity index (χ4n) is 0.934. The van der Waals surface area contributed by atoms with Crippen molar-refractivity contribution in [2.24, 2.45) is 0 Å². The molecule has 0 saturated carbocycles. The summed E-state index contributed by atoms with van der Waals surface area (Å²) in [5, 5.41) is 8.87. The predicted molar refractivity (Wildman–Crippen MR) is 47.0 cm³/mol. The van der Waals surface area contributed by atoms with Crippen LogP contribution in [0.15, 0.2) is 0 Å². The lowest BCUT2D eigenvalue weighted by molar-refractivity contribution is -0.145. The minimum atomic E-state index is -4.13. The van der Waals surface area contributed by atoms with Gasteiger partial charge in [-0.1, -0.05) is 0 Å². The Morgan fingerprint density at radius 3 is 2.36 bits per heavy atom. The topological polar surface area (TPSA) is 29.5 Å². The summed E-state index contributed by atoms with van der Waals surface area (Å²) in [5.74, 6) is 0. The van der Waals surface area contributed by atoms with Crippen molar-refractivity contribution in [1.82, 2.24) is 0 Å². The first kappa shape index (κ1) is 13.7. The Hall–Kier alpha value is -0.290. The highest BCUT2D eigenvalue weighted by Gasteiger charge is 2.26. The molecule has 0 aliphatic heterocycles. The minimum absolute atomic E-state index is 0.266. The van der Waals surface area contributed by atoms with Crippen LogP contribution in [-0.2, 0) is 4.74 Å². The number of alkyl halides is 3. The molecular formula is C9H17F3O2.